The molecule has 28 heavy (non-hydrogen) atoms. The number of nitrogens with zero attached hydrogens (tertiary/aromatic N) is 1. The first-order chi connectivity index (χ1) is 12.6. The number of hydrogen-bond donors (Lipinski definition) is 1. The van der Waals surface area contributed by atoms with Crippen LogP contribution in [0.1, 0.15) is 63.5 Å². The summed E-state index contributed by atoms with van der Waals surface area (Å²) in [4.78, 5) is 6.06. The van der Waals surface area contributed by atoms with E-state index in [0.717, 1.165) is 17.1 Å². The molecule has 1 aromatic heterocycles. The third-order valence-electron chi connectivity index (χ3n) is 4.22. The Balaban J connectivity index is 0.000000492. The first-order valence-electron chi connectivity index (χ1n) is 9.41. The van der Waals surface area contributed by atoms with Gasteiger partial charge in [-0.3, -0.25) is 6.08 Å². The van der Waals surface area contributed by atoms with E-state index >= 15 is 0 Å². The van der Waals surface area contributed by atoms with Gasteiger partial charge in [-0.05, 0) is 17.6 Å². The van der Waals surface area contributed by atoms with Crippen molar-refractivity contribution in [3.05, 3.63) is 64.0 Å². The van der Waals surface area contributed by atoms with E-state index in [2.05, 4.69) is 76.3 Å². The van der Waals surface area contributed by atoms with Crippen LogP contribution in [0.3, 0.4) is 0 Å². The van der Waals surface area contributed by atoms with Crippen LogP contribution in [0.25, 0.3) is 17.7 Å². The summed E-state index contributed by atoms with van der Waals surface area (Å²) >= 11 is 1.76. The molecule has 149 valence electrons. The second kappa shape index (κ2) is 11.0. The SMILES string of the molecule is CC1(C)C=Cc2nc(C3=CC(C)(C)C=[C-]C=C3)sc2C=C1.C[C-](C)CCO.[Y]. The van der Waals surface area contributed by atoms with Gasteiger partial charge < -0.3 is 11.0 Å². The van der Waals surface area contributed by atoms with E-state index in [9.17, 15) is 0 Å². The van der Waals surface area contributed by atoms with Crippen LogP contribution in [0.4, 0.5) is 0 Å². The molecule has 0 saturated heterocycles. The van der Waals surface area contributed by atoms with Crippen molar-refractivity contribution in [3.8, 4) is 0 Å². The smallest absolute Gasteiger partial charge is 0.106 e. The molecule has 2 aliphatic rings. The first-order valence-corrected chi connectivity index (χ1v) is 10.2. The Bertz CT molecular complexity index is 758. The van der Waals surface area contributed by atoms with E-state index in [1.807, 2.05) is 19.9 Å². The van der Waals surface area contributed by atoms with Crippen LogP contribution in [-0.2, 0) is 32.7 Å². The molecule has 0 fully saturated rings. The van der Waals surface area contributed by atoms with Crippen molar-refractivity contribution < 1.29 is 37.8 Å². The molecule has 1 aromatic rings. The molecule has 0 spiro atoms. The van der Waals surface area contributed by atoms with Crippen LogP contribution in [-0.4, -0.2) is 16.7 Å². The number of aliphatic hydroxyl groups is 1. The van der Waals surface area contributed by atoms with Gasteiger partial charge in [0, 0.05) is 44.7 Å². The number of rotatable bonds is 3. The van der Waals surface area contributed by atoms with Gasteiger partial charge in [0.1, 0.15) is 5.01 Å². The van der Waals surface area contributed by atoms with Gasteiger partial charge in [0.05, 0.1) is 10.6 Å². The Morgan fingerprint density at radius 2 is 1.75 bits per heavy atom. The minimum atomic E-state index is 0. The summed E-state index contributed by atoms with van der Waals surface area (Å²) in [5.41, 5.74) is 2.36. The molecule has 1 heterocycles. The van der Waals surface area contributed by atoms with E-state index < -0.39 is 0 Å². The van der Waals surface area contributed by atoms with Gasteiger partial charge in [-0.1, -0.05) is 51.5 Å². The predicted molar refractivity (Wildman–Crippen MR) is 119 cm³/mol. The van der Waals surface area contributed by atoms with Crippen molar-refractivity contribution in [2.45, 2.75) is 48.0 Å². The quantitative estimate of drug-likeness (QED) is 0.510. The van der Waals surface area contributed by atoms with Crippen molar-refractivity contribution in [2.24, 2.45) is 10.8 Å². The van der Waals surface area contributed by atoms with Gasteiger partial charge in [-0.25, -0.2) is 17.1 Å². The van der Waals surface area contributed by atoms with E-state index in [0.29, 0.717) is 6.61 Å². The van der Waals surface area contributed by atoms with Crippen LogP contribution in [0.5, 0.6) is 0 Å². The van der Waals surface area contributed by atoms with Crippen LogP contribution in [0.2, 0.25) is 0 Å². The molecule has 3 rings (SSSR count). The van der Waals surface area contributed by atoms with Gasteiger partial charge in [0.15, 0.2) is 0 Å². The summed E-state index contributed by atoms with van der Waals surface area (Å²) in [6.45, 7) is 13.1. The van der Waals surface area contributed by atoms with Crippen molar-refractivity contribution in [2.75, 3.05) is 6.61 Å². The first kappa shape index (κ1) is 25.4. The third kappa shape index (κ3) is 8.02. The Morgan fingerprint density at radius 1 is 1.07 bits per heavy atom. The van der Waals surface area contributed by atoms with E-state index in [1.54, 1.807) is 11.3 Å². The standard InChI is InChI=1S/C19H20NS.C5H11O.Y/c1-18(2)11-8-15-16(9-12-18)21-17(20-15)14-7-5-6-10-19(3,4)13-14;1-5(2)3-4-6;/h5,7-13H,1-4H3;6H,3-4H2,1-2H3;/q2*-1;. The van der Waals surface area contributed by atoms with E-state index in [4.69, 9.17) is 10.1 Å². The third-order valence-corrected chi connectivity index (χ3v) is 5.30. The normalized spacial score (nSPS) is 18.4. The molecular weight excluding hydrogens is 439 g/mol. The Kier molecular flexibility index (Phi) is 9.96. The van der Waals surface area contributed by atoms with Crippen LogP contribution < -0.4 is 0 Å². The molecule has 4 heteroatoms. The molecule has 0 atom stereocenters. The zero-order chi connectivity index (χ0) is 20.1. The number of fused-ring (bicyclic) bond motifs is 1. The fraction of sp³-hybridized carbons (Fsp3) is 0.417. The Labute approximate surface area is 200 Å². The molecule has 2 aliphatic carbocycles. The number of aliphatic hydroxyl groups excluding tert-OH is 1. The minimum absolute atomic E-state index is 0. The van der Waals surface area contributed by atoms with Crippen LogP contribution in [0, 0.1) is 22.8 Å². The maximum absolute atomic E-state index is 8.22. The topological polar surface area (TPSA) is 33.1 Å². The fourth-order valence-electron chi connectivity index (χ4n) is 2.59. The molecular formula is C24H31NOSY-2. The molecule has 0 aliphatic heterocycles. The summed E-state index contributed by atoms with van der Waals surface area (Å²) in [5.74, 6) is 1.29. The number of aromatic nitrogens is 1. The molecule has 2 nitrogen and oxygen atoms in total. The van der Waals surface area contributed by atoms with Crippen molar-refractivity contribution >= 4 is 29.1 Å². The molecule has 0 saturated carbocycles. The molecule has 1 radical (unpaired) electrons. The minimum Gasteiger partial charge on any atom is -0.399 e. The average molecular weight is 470 g/mol. The van der Waals surface area contributed by atoms with Crippen molar-refractivity contribution in [1.29, 1.82) is 0 Å². The van der Waals surface area contributed by atoms with Crippen LogP contribution >= 0.6 is 11.3 Å². The van der Waals surface area contributed by atoms with Gasteiger partial charge in [0.2, 0.25) is 0 Å². The van der Waals surface area contributed by atoms with Gasteiger partial charge >= 0.3 is 0 Å². The average Bonchev–Trinajstić information content (AvgIpc) is 2.81. The zero-order valence-corrected chi connectivity index (χ0v) is 21.6. The monoisotopic (exact) mass is 470 g/mol. The van der Waals surface area contributed by atoms with Gasteiger partial charge in [-0.2, -0.15) is 26.3 Å². The summed E-state index contributed by atoms with van der Waals surface area (Å²) in [7, 11) is 0. The number of allylic oxidation sites excluding steroid dienone is 8. The van der Waals surface area contributed by atoms with Crippen LogP contribution in [0.15, 0.2) is 36.5 Å². The number of hydrogen-bond acceptors (Lipinski definition) is 3. The van der Waals surface area contributed by atoms with Crippen molar-refractivity contribution in [3.63, 3.8) is 0 Å². The molecule has 0 bridgehead atoms. The fourth-order valence-corrected chi connectivity index (χ4v) is 3.55. The largest absolute Gasteiger partial charge is 0.399 e. The predicted octanol–water partition coefficient (Wildman–Crippen LogP) is 6.53. The van der Waals surface area contributed by atoms with E-state index in [-0.39, 0.29) is 43.5 Å². The molecule has 0 aromatic carbocycles. The summed E-state index contributed by atoms with van der Waals surface area (Å²) < 4.78 is 0. The summed E-state index contributed by atoms with van der Waals surface area (Å²) in [5, 5.41) is 9.29. The Hall–Kier alpha value is -0.606. The zero-order valence-electron chi connectivity index (χ0n) is 17.9. The molecule has 1 N–H and O–H groups in total. The maximum atomic E-state index is 8.22. The summed E-state index contributed by atoms with van der Waals surface area (Å²) in [6, 6.07) is 0. The molecule has 0 unspecified atom stereocenters. The number of thiazole rings is 1. The maximum Gasteiger partial charge on any atom is 0.106 e. The second-order valence-electron chi connectivity index (χ2n) is 8.50. The van der Waals surface area contributed by atoms with Gasteiger partial charge in [0.25, 0.3) is 0 Å². The van der Waals surface area contributed by atoms with Crippen molar-refractivity contribution in [1.82, 2.24) is 4.98 Å². The molecule has 0 amide bonds. The van der Waals surface area contributed by atoms with Gasteiger partial charge in [-0.15, -0.1) is 11.3 Å². The Morgan fingerprint density at radius 3 is 2.36 bits per heavy atom. The summed E-state index contributed by atoms with van der Waals surface area (Å²) in [6.07, 6.45) is 21.3. The second-order valence-corrected chi connectivity index (χ2v) is 9.53. The van der Waals surface area contributed by atoms with E-state index in [1.165, 1.54) is 16.4 Å².